The zero-order chi connectivity index (χ0) is 28.1. The largest absolute Gasteiger partial charge is 0.508 e. The van der Waals surface area contributed by atoms with Crippen molar-refractivity contribution in [2.45, 2.75) is 83.1 Å². The molecule has 1 aromatic rings. The molecule has 0 saturated carbocycles. The Bertz CT molecular complexity index is 894. The molecule has 10 N–H and O–H groups in total. The van der Waals surface area contributed by atoms with Gasteiger partial charge in [0, 0.05) is 6.42 Å². The van der Waals surface area contributed by atoms with E-state index in [2.05, 4.69) is 16.0 Å². The Hall–Kier alpha value is -3.22. The van der Waals surface area contributed by atoms with Gasteiger partial charge in [0.25, 0.3) is 0 Å². The summed E-state index contributed by atoms with van der Waals surface area (Å²) in [4.78, 5) is 50.4. The molecule has 0 aromatic heterocycles. The summed E-state index contributed by atoms with van der Waals surface area (Å²) in [6, 6.07) is 1.27. The molecule has 0 heterocycles. The number of carboxylic acids is 1. The lowest BCUT2D eigenvalue weighted by Gasteiger charge is -2.27. The summed E-state index contributed by atoms with van der Waals surface area (Å²) in [7, 11) is 0. The number of carbonyl (C=O) groups excluding carboxylic acids is 3. The third-order valence-corrected chi connectivity index (χ3v) is 6.19. The molecule has 0 radical (unpaired) electrons. The van der Waals surface area contributed by atoms with E-state index < -0.39 is 54.0 Å². The van der Waals surface area contributed by atoms with E-state index in [1.54, 1.807) is 19.1 Å². The van der Waals surface area contributed by atoms with Gasteiger partial charge in [-0.2, -0.15) is 0 Å². The Morgan fingerprint density at radius 3 is 2.03 bits per heavy atom. The minimum atomic E-state index is -1.48. The summed E-state index contributed by atoms with van der Waals surface area (Å²) in [5, 5.41) is 36.6. The van der Waals surface area contributed by atoms with Crippen LogP contribution in [0.3, 0.4) is 0 Å². The second-order valence-corrected chi connectivity index (χ2v) is 9.25. The molecule has 3 amide bonds. The second-order valence-electron chi connectivity index (χ2n) is 9.25. The molecule has 12 heteroatoms. The molecule has 6 unspecified atom stereocenters. The van der Waals surface area contributed by atoms with Crippen LogP contribution in [-0.2, 0) is 25.6 Å². The Kier molecular flexibility index (Phi) is 13.6. The molecular formula is C25H41N5O7. The second kappa shape index (κ2) is 15.8. The molecule has 0 aliphatic carbocycles. The van der Waals surface area contributed by atoms with E-state index in [-0.39, 0.29) is 24.5 Å². The minimum absolute atomic E-state index is 0.00999. The molecule has 0 saturated heterocycles. The monoisotopic (exact) mass is 523 g/mol. The number of aromatic hydroxyl groups is 1. The number of carbonyl (C=O) groups is 4. The Morgan fingerprint density at radius 2 is 1.51 bits per heavy atom. The van der Waals surface area contributed by atoms with Gasteiger partial charge in [0.05, 0.1) is 12.1 Å². The van der Waals surface area contributed by atoms with Crippen molar-refractivity contribution in [1.82, 2.24) is 16.0 Å². The summed E-state index contributed by atoms with van der Waals surface area (Å²) >= 11 is 0. The van der Waals surface area contributed by atoms with Gasteiger partial charge in [0.15, 0.2) is 0 Å². The highest BCUT2D eigenvalue weighted by molar-refractivity contribution is 5.94. The highest BCUT2D eigenvalue weighted by atomic mass is 16.4. The number of phenols is 1. The van der Waals surface area contributed by atoms with Gasteiger partial charge in [-0.3, -0.25) is 14.4 Å². The van der Waals surface area contributed by atoms with E-state index in [0.717, 1.165) is 0 Å². The first-order valence-electron chi connectivity index (χ1n) is 12.5. The summed E-state index contributed by atoms with van der Waals surface area (Å²) < 4.78 is 0. The fourth-order valence-corrected chi connectivity index (χ4v) is 3.53. The first-order chi connectivity index (χ1) is 17.4. The van der Waals surface area contributed by atoms with E-state index in [1.165, 1.54) is 19.1 Å². The Morgan fingerprint density at radius 1 is 0.919 bits per heavy atom. The molecular weight excluding hydrogens is 482 g/mol. The molecule has 1 rings (SSSR count). The molecule has 37 heavy (non-hydrogen) atoms. The molecule has 0 fully saturated rings. The van der Waals surface area contributed by atoms with Crippen molar-refractivity contribution < 1.29 is 34.5 Å². The smallest absolute Gasteiger partial charge is 0.326 e. The summed E-state index contributed by atoms with van der Waals surface area (Å²) in [6.45, 7) is 5.34. The topological polar surface area (TPSA) is 217 Å². The number of carboxylic acid groups (broad SMARTS) is 1. The van der Waals surface area contributed by atoms with E-state index in [9.17, 15) is 34.5 Å². The van der Waals surface area contributed by atoms with Crippen LogP contribution in [0.1, 0.15) is 52.0 Å². The number of nitrogens with one attached hydrogen (secondary N) is 3. The number of unbranched alkanes of at least 4 members (excludes halogenated alkanes) is 1. The maximum absolute atomic E-state index is 13.2. The van der Waals surface area contributed by atoms with Gasteiger partial charge in [-0.15, -0.1) is 0 Å². The zero-order valence-corrected chi connectivity index (χ0v) is 21.6. The van der Waals surface area contributed by atoms with Crippen molar-refractivity contribution in [1.29, 1.82) is 0 Å². The van der Waals surface area contributed by atoms with Crippen LogP contribution in [0.2, 0.25) is 0 Å². The van der Waals surface area contributed by atoms with Crippen LogP contribution in [0.5, 0.6) is 5.75 Å². The van der Waals surface area contributed by atoms with Crippen LogP contribution in [0.4, 0.5) is 0 Å². The number of phenolic OH excluding ortho intramolecular Hbond substituents is 1. The number of aliphatic hydroxyl groups is 1. The van der Waals surface area contributed by atoms with Crippen molar-refractivity contribution >= 4 is 23.7 Å². The van der Waals surface area contributed by atoms with Crippen LogP contribution < -0.4 is 27.4 Å². The number of aliphatic carboxylic acids is 1. The van der Waals surface area contributed by atoms with Gasteiger partial charge in [-0.1, -0.05) is 32.4 Å². The molecule has 0 aliphatic heterocycles. The first kappa shape index (κ1) is 31.8. The van der Waals surface area contributed by atoms with Crippen LogP contribution in [0.25, 0.3) is 0 Å². The number of amides is 3. The third kappa shape index (κ3) is 10.7. The van der Waals surface area contributed by atoms with Crippen LogP contribution in [0.15, 0.2) is 24.3 Å². The number of hydrogen-bond acceptors (Lipinski definition) is 8. The predicted molar refractivity (Wildman–Crippen MR) is 137 cm³/mol. The highest BCUT2D eigenvalue weighted by Crippen LogP contribution is 2.13. The maximum Gasteiger partial charge on any atom is 0.326 e. The van der Waals surface area contributed by atoms with Crippen molar-refractivity contribution in [3.8, 4) is 5.75 Å². The lowest BCUT2D eigenvalue weighted by Crippen LogP contribution is -2.60. The molecule has 0 spiro atoms. The van der Waals surface area contributed by atoms with Gasteiger partial charge in [0.1, 0.15) is 23.9 Å². The van der Waals surface area contributed by atoms with Crippen molar-refractivity contribution in [3.63, 3.8) is 0 Å². The number of rotatable bonds is 16. The summed E-state index contributed by atoms with van der Waals surface area (Å²) in [5.41, 5.74) is 12.1. The van der Waals surface area contributed by atoms with Crippen molar-refractivity contribution in [2.24, 2.45) is 17.4 Å². The van der Waals surface area contributed by atoms with Gasteiger partial charge >= 0.3 is 5.97 Å². The van der Waals surface area contributed by atoms with Gasteiger partial charge in [-0.05, 0) is 56.3 Å². The number of benzene rings is 1. The van der Waals surface area contributed by atoms with E-state index in [0.29, 0.717) is 31.4 Å². The standard InChI is InChI=1S/C25H41N5O7/c1-4-14(2)20(27)23(34)29-19(13-16-8-10-17(32)11-9-16)22(33)30-21(15(3)31)24(35)28-18(25(36)37)7-5-6-12-26/h8-11,14-15,18-21,31-32H,4-7,12-13,26-27H2,1-3H3,(H,28,35)(H,29,34)(H,30,33)(H,36,37). The SMILES string of the molecule is CCC(C)C(N)C(=O)NC(Cc1ccc(O)cc1)C(=O)NC(C(=O)NC(CCCCN)C(=O)O)C(C)O. The molecule has 0 bridgehead atoms. The fraction of sp³-hybridized carbons (Fsp3) is 0.600. The quantitative estimate of drug-likeness (QED) is 0.129. The average molecular weight is 524 g/mol. The normalized spacial score (nSPS) is 15.9. The lowest BCUT2D eigenvalue weighted by atomic mass is 9.98. The molecule has 6 atom stereocenters. The van der Waals surface area contributed by atoms with Crippen molar-refractivity contribution in [3.05, 3.63) is 29.8 Å². The summed E-state index contributed by atoms with van der Waals surface area (Å²) in [6.07, 6.45) is 0.463. The van der Waals surface area contributed by atoms with Gasteiger partial charge in [0.2, 0.25) is 17.7 Å². The maximum atomic E-state index is 13.2. The van der Waals surface area contributed by atoms with Crippen molar-refractivity contribution in [2.75, 3.05) is 6.54 Å². The van der Waals surface area contributed by atoms with E-state index in [1.807, 2.05) is 6.92 Å². The highest BCUT2D eigenvalue weighted by Gasteiger charge is 2.33. The molecule has 1 aromatic carbocycles. The summed E-state index contributed by atoms with van der Waals surface area (Å²) in [5.74, 6) is -3.59. The predicted octanol–water partition coefficient (Wildman–Crippen LogP) is -0.643. The zero-order valence-electron chi connectivity index (χ0n) is 21.6. The van der Waals surface area contributed by atoms with Gasteiger partial charge < -0.3 is 42.7 Å². The molecule has 12 nitrogen and oxygen atoms in total. The fourth-order valence-electron chi connectivity index (χ4n) is 3.53. The number of hydrogen-bond donors (Lipinski definition) is 8. The van der Waals surface area contributed by atoms with Crippen LogP contribution in [0, 0.1) is 5.92 Å². The average Bonchev–Trinajstić information content (AvgIpc) is 2.85. The van der Waals surface area contributed by atoms with Gasteiger partial charge in [-0.25, -0.2) is 4.79 Å². The Balaban J connectivity index is 3.08. The van der Waals surface area contributed by atoms with Crippen LogP contribution in [-0.4, -0.2) is 75.8 Å². The Labute approximate surface area is 217 Å². The molecule has 0 aliphatic rings. The lowest BCUT2D eigenvalue weighted by molar-refractivity contribution is -0.143. The minimum Gasteiger partial charge on any atom is -0.508 e. The third-order valence-electron chi connectivity index (χ3n) is 6.19. The van der Waals surface area contributed by atoms with E-state index >= 15 is 0 Å². The number of nitrogens with two attached hydrogens (primary N) is 2. The number of aliphatic hydroxyl groups excluding tert-OH is 1. The first-order valence-corrected chi connectivity index (χ1v) is 12.5. The molecule has 208 valence electrons. The van der Waals surface area contributed by atoms with E-state index in [4.69, 9.17) is 11.5 Å². The van der Waals surface area contributed by atoms with Crippen LogP contribution >= 0.6 is 0 Å².